The quantitative estimate of drug-likeness (QED) is 0.467. The van der Waals surface area contributed by atoms with Crippen LogP contribution in [0, 0.1) is 0 Å². The van der Waals surface area contributed by atoms with Crippen molar-refractivity contribution in [1.29, 1.82) is 0 Å². The third-order valence-corrected chi connectivity index (χ3v) is 3.69. The Morgan fingerprint density at radius 1 is 1.00 bits per heavy atom. The van der Waals surface area contributed by atoms with Crippen LogP contribution in [0.15, 0.2) is 48.5 Å². The van der Waals surface area contributed by atoms with Crippen LogP contribution in [0.25, 0.3) is 6.08 Å². The minimum atomic E-state index is -2.97. The van der Waals surface area contributed by atoms with Gasteiger partial charge in [-0.3, -0.25) is 4.79 Å². The smallest absolute Gasteiger partial charge is 0.387 e. The number of alkyl halides is 4. The molecule has 0 aromatic heterocycles. The highest BCUT2D eigenvalue weighted by atomic mass is 19.3. The van der Waals surface area contributed by atoms with E-state index >= 15 is 0 Å². The van der Waals surface area contributed by atoms with Crippen molar-refractivity contribution in [3.63, 3.8) is 0 Å². The molecule has 0 unspecified atom stereocenters. The van der Waals surface area contributed by atoms with Crippen molar-refractivity contribution in [2.24, 2.45) is 0 Å². The van der Waals surface area contributed by atoms with Crippen LogP contribution >= 0.6 is 0 Å². The first kappa shape index (κ1) is 22.1. The van der Waals surface area contributed by atoms with E-state index in [0.717, 1.165) is 5.56 Å². The van der Waals surface area contributed by atoms with Gasteiger partial charge in [0.05, 0.1) is 7.11 Å². The molecule has 0 aliphatic heterocycles. The van der Waals surface area contributed by atoms with E-state index in [1.807, 2.05) is 0 Å². The molecule has 0 aliphatic rings. The van der Waals surface area contributed by atoms with E-state index in [4.69, 9.17) is 4.74 Å². The maximum absolute atomic E-state index is 12.3. The predicted molar refractivity (Wildman–Crippen MR) is 98.4 cm³/mol. The fourth-order valence-electron chi connectivity index (χ4n) is 2.38. The molecule has 5 nitrogen and oxygen atoms in total. The lowest BCUT2D eigenvalue weighted by atomic mass is 10.1. The molecule has 0 saturated carbocycles. The van der Waals surface area contributed by atoms with Crippen LogP contribution in [0.5, 0.6) is 17.2 Å². The van der Waals surface area contributed by atoms with Gasteiger partial charge in [-0.25, -0.2) is 0 Å². The SMILES string of the molecule is COc1cc(/C=C/C(=O)NCCc2ccc(OC(F)F)cc2)ccc1OC(F)F. The first-order valence-corrected chi connectivity index (χ1v) is 8.50. The lowest BCUT2D eigenvalue weighted by Crippen LogP contribution is -2.23. The van der Waals surface area contributed by atoms with Gasteiger partial charge in [-0.1, -0.05) is 18.2 Å². The van der Waals surface area contributed by atoms with Gasteiger partial charge in [-0.2, -0.15) is 17.6 Å². The summed E-state index contributed by atoms with van der Waals surface area (Å²) in [6.07, 6.45) is 3.30. The highest BCUT2D eigenvalue weighted by molar-refractivity contribution is 5.91. The fourth-order valence-corrected chi connectivity index (χ4v) is 2.38. The summed E-state index contributed by atoms with van der Waals surface area (Å²) < 4.78 is 62.4. The number of rotatable bonds is 10. The number of nitrogens with one attached hydrogen (secondary N) is 1. The standard InChI is InChI=1S/C20H19F4NO4/c1-27-17-12-14(4-8-16(17)29-20(23)24)5-9-18(26)25-11-10-13-2-6-15(7-3-13)28-19(21)22/h2-9,12,19-20H,10-11H2,1H3,(H,25,26)/b9-5+. The number of benzene rings is 2. The summed E-state index contributed by atoms with van der Waals surface area (Å²) in [4.78, 5) is 11.9. The van der Waals surface area contributed by atoms with Crippen molar-refractivity contribution in [3.05, 3.63) is 59.7 Å². The topological polar surface area (TPSA) is 56.8 Å². The van der Waals surface area contributed by atoms with E-state index in [-0.39, 0.29) is 23.2 Å². The molecule has 0 atom stereocenters. The fraction of sp³-hybridized carbons (Fsp3) is 0.250. The Kier molecular flexibility index (Phi) is 8.32. The van der Waals surface area contributed by atoms with Crippen LogP contribution < -0.4 is 19.5 Å². The molecule has 2 aromatic rings. The number of hydrogen-bond donors (Lipinski definition) is 1. The summed E-state index contributed by atoms with van der Waals surface area (Å²) in [5.41, 5.74) is 1.41. The van der Waals surface area contributed by atoms with E-state index in [1.54, 1.807) is 12.1 Å². The molecule has 0 bridgehead atoms. The second kappa shape index (κ2) is 10.9. The molecule has 9 heteroatoms. The van der Waals surface area contributed by atoms with Gasteiger partial charge in [0, 0.05) is 12.6 Å². The Morgan fingerprint density at radius 3 is 2.31 bits per heavy atom. The molecular weight excluding hydrogens is 394 g/mol. The molecular formula is C20H19F4NO4. The molecule has 0 radical (unpaired) electrons. The highest BCUT2D eigenvalue weighted by Gasteiger charge is 2.10. The van der Waals surface area contributed by atoms with Crippen molar-refractivity contribution in [2.75, 3.05) is 13.7 Å². The van der Waals surface area contributed by atoms with Crippen LogP contribution in [-0.2, 0) is 11.2 Å². The van der Waals surface area contributed by atoms with E-state index in [2.05, 4.69) is 14.8 Å². The third kappa shape index (κ3) is 7.73. The number of methoxy groups -OCH3 is 1. The monoisotopic (exact) mass is 413 g/mol. The summed E-state index contributed by atoms with van der Waals surface area (Å²) >= 11 is 0. The molecule has 0 heterocycles. The molecule has 0 aliphatic carbocycles. The summed E-state index contributed by atoms with van der Waals surface area (Å²) in [6, 6.07) is 10.4. The van der Waals surface area contributed by atoms with E-state index in [9.17, 15) is 22.4 Å². The number of carbonyl (C=O) groups excluding carboxylic acids is 1. The first-order chi connectivity index (χ1) is 13.9. The summed E-state index contributed by atoms with van der Waals surface area (Å²) in [7, 11) is 1.32. The maximum atomic E-state index is 12.3. The Hall–Kier alpha value is -3.23. The zero-order valence-corrected chi connectivity index (χ0v) is 15.4. The normalized spacial score (nSPS) is 11.1. The van der Waals surface area contributed by atoms with Crippen LogP contribution in [-0.4, -0.2) is 32.8 Å². The van der Waals surface area contributed by atoms with Gasteiger partial charge in [0.25, 0.3) is 0 Å². The largest absolute Gasteiger partial charge is 0.493 e. The lowest BCUT2D eigenvalue weighted by molar-refractivity contribution is -0.116. The second-order valence-electron chi connectivity index (χ2n) is 5.69. The van der Waals surface area contributed by atoms with Crippen molar-refractivity contribution >= 4 is 12.0 Å². The molecule has 0 saturated heterocycles. The molecule has 156 valence electrons. The van der Waals surface area contributed by atoms with Crippen LogP contribution in [0.4, 0.5) is 17.6 Å². The van der Waals surface area contributed by atoms with Crippen molar-refractivity contribution < 1.29 is 36.6 Å². The van der Waals surface area contributed by atoms with E-state index in [0.29, 0.717) is 18.5 Å². The zero-order chi connectivity index (χ0) is 21.2. The molecule has 2 aromatic carbocycles. The van der Waals surface area contributed by atoms with Crippen LogP contribution in [0.1, 0.15) is 11.1 Å². The molecule has 2 rings (SSSR count). The first-order valence-electron chi connectivity index (χ1n) is 8.50. The van der Waals surface area contributed by atoms with Gasteiger partial charge < -0.3 is 19.5 Å². The van der Waals surface area contributed by atoms with Crippen molar-refractivity contribution in [2.45, 2.75) is 19.6 Å². The Bertz CT molecular complexity index is 826. The third-order valence-electron chi connectivity index (χ3n) is 3.69. The molecule has 0 fully saturated rings. The van der Waals surface area contributed by atoms with E-state index in [1.165, 1.54) is 49.6 Å². The van der Waals surface area contributed by atoms with Gasteiger partial charge in [0.1, 0.15) is 5.75 Å². The molecule has 1 N–H and O–H groups in total. The average molecular weight is 413 g/mol. The van der Waals surface area contributed by atoms with Crippen molar-refractivity contribution in [3.8, 4) is 17.2 Å². The molecule has 0 spiro atoms. The number of carbonyl (C=O) groups is 1. The minimum Gasteiger partial charge on any atom is -0.493 e. The average Bonchev–Trinajstić information content (AvgIpc) is 2.67. The Labute approximate surface area is 164 Å². The lowest BCUT2D eigenvalue weighted by Gasteiger charge is -2.10. The number of halogens is 4. The molecule has 29 heavy (non-hydrogen) atoms. The van der Waals surface area contributed by atoms with Crippen LogP contribution in [0.2, 0.25) is 0 Å². The summed E-state index contributed by atoms with van der Waals surface area (Å²) in [6.45, 7) is -5.51. The number of ether oxygens (including phenoxy) is 3. The number of hydrogen-bond acceptors (Lipinski definition) is 4. The minimum absolute atomic E-state index is 0.0658. The summed E-state index contributed by atoms with van der Waals surface area (Å²) in [5, 5.41) is 2.68. The number of amides is 1. The van der Waals surface area contributed by atoms with Crippen molar-refractivity contribution in [1.82, 2.24) is 5.32 Å². The van der Waals surface area contributed by atoms with Gasteiger partial charge in [0.2, 0.25) is 5.91 Å². The van der Waals surface area contributed by atoms with Gasteiger partial charge in [0.15, 0.2) is 11.5 Å². The van der Waals surface area contributed by atoms with Gasteiger partial charge >= 0.3 is 13.2 Å². The maximum Gasteiger partial charge on any atom is 0.387 e. The zero-order valence-electron chi connectivity index (χ0n) is 15.4. The van der Waals surface area contributed by atoms with Gasteiger partial charge in [-0.05, 0) is 47.9 Å². The molecule has 1 amide bonds. The predicted octanol–water partition coefficient (Wildman–Crippen LogP) is 4.27. The second-order valence-corrected chi connectivity index (χ2v) is 5.69. The van der Waals surface area contributed by atoms with Gasteiger partial charge in [-0.15, -0.1) is 0 Å². The highest BCUT2D eigenvalue weighted by Crippen LogP contribution is 2.29. The summed E-state index contributed by atoms with van der Waals surface area (Å²) in [5.74, 6) is -0.271. The van der Waals surface area contributed by atoms with Crippen LogP contribution in [0.3, 0.4) is 0 Å². The Balaban J connectivity index is 1.83. The Morgan fingerprint density at radius 2 is 1.69 bits per heavy atom. The van der Waals surface area contributed by atoms with E-state index < -0.39 is 13.2 Å².